The molecular formula is C11H18N2O2S. The SMILES string of the molecule is CCCN(c1cccc(N)c1)S(=O)(=O)CC. The Morgan fingerprint density at radius 1 is 1.31 bits per heavy atom. The first-order valence-corrected chi connectivity index (χ1v) is 6.98. The zero-order chi connectivity index (χ0) is 12.2. The standard InChI is InChI=1S/C11H18N2O2S/c1-3-8-13(16(14,15)4-2)11-7-5-6-10(12)9-11/h5-7,9H,3-4,8,12H2,1-2H3. The van der Waals surface area contributed by atoms with Crippen LogP contribution in [0.4, 0.5) is 11.4 Å². The minimum absolute atomic E-state index is 0.0990. The number of anilines is 2. The molecule has 4 nitrogen and oxygen atoms in total. The van der Waals surface area contributed by atoms with Gasteiger partial charge in [-0.1, -0.05) is 13.0 Å². The van der Waals surface area contributed by atoms with Gasteiger partial charge in [0.15, 0.2) is 0 Å². The lowest BCUT2D eigenvalue weighted by molar-refractivity contribution is 0.591. The van der Waals surface area contributed by atoms with Crippen LogP contribution in [0.25, 0.3) is 0 Å². The first kappa shape index (κ1) is 12.8. The Labute approximate surface area is 97.1 Å². The third-order valence-corrected chi connectivity index (χ3v) is 4.08. The van der Waals surface area contributed by atoms with Crippen molar-refractivity contribution >= 4 is 21.4 Å². The second kappa shape index (κ2) is 5.21. The maximum absolute atomic E-state index is 11.9. The normalized spacial score (nSPS) is 11.4. The average molecular weight is 242 g/mol. The Balaban J connectivity index is 3.13. The lowest BCUT2D eigenvalue weighted by Crippen LogP contribution is -2.33. The van der Waals surface area contributed by atoms with Gasteiger partial charge in [-0.15, -0.1) is 0 Å². The summed E-state index contributed by atoms with van der Waals surface area (Å²) in [4.78, 5) is 0. The lowest BCUT2D eigenvalue weighted by Gasteiger charge is -2.23. The topological polar surface area (TPSA) is 63.4 Å². The molecule has 0 aliphatic rings. The molecule has 5 heteroatoms. The molecule has 0 atom stereocenters. The number of hydrogen-bond acceptors (Lipinski definition) is 3. The third kappa shape index (κ3) is 2.88. The molecule has 1 aromatic carbocycles. The van der Waals surface area contributed by atoms with Crippen LogP contribution in [0.5, 0.6) is 0 Å². The van der Waals surface area contributed by atoms with Crippen LogP contribution in [0.2, 0.25) is 0 Å². The zero-order valence-corrected chi connectivity index (χ0v) is 10.5. The van der Waals surface area contributed by atoms with E-state index in [1.54, 1.807) is 31.2 Å². The van der Waals surface area contributed by atoms with Crippen LogP contribution < -0.4 is 10.0 Å². The number of sulfonamides is 1. The first-order chi connectivity index (χ1) is 7.51. The quantitative estimate of drug-likeness (QED) is 0.801. The van der Waals surface area contributed by atoms with Crippen LogP contribution in [0.1, 0.15) is 20.3 Å². The summed E-state index contributed by atoms with van der Waals surface area (Å²) in [7, 11) is -3.21. The largest absolute Gasteiger partial charge is 0.399 e. The predicted octanol–water partition coefficient (Wildman–Crippen LogP) is 1.83. The minimum atomic E-state index is -3.21. The van der Waals surface area contributed by atoms with E-state index in [1.165, 1.54) is 4.31 Å². The van der Waals surface area contributed by atoms with Crippen molar-refractivity contribution < 1.29 is 8.42 Å². The van der Waals surface area contributed by atoms with Crippen LogP contribution in [0.3, 0.4) is 0 Å². The predicted molar refractivity (Wildman–Crippen MR) is 68.0 cm³/mol. The van der Waals surface area contributed by atoms with Crippen molar-refractivity contribution in [3.63, 3.8) is 0 Å². The fraction of sp³-hybridized carbons (Fsp3) is 0.455. The van der Waals surface area contributed by atoms with Gasteiger partial charge < -0.3 is 5.73 Å². The highest BCUT2D eigenvalue weighted by Crippen LogP contribution is 2.21. The van der Waals surface area contributed by atoms with Crippen LogP contribution in [0.15, 0.2) is 24.3 Å². The van der Waals surface area contributed by atoms with E-state index in [1.807, 2.05) is 6.92 Å². The van der Waals surface area contributed by atoms with Gasteiger partial charge in [-0.05, 0) is 31.5 Å². The van der Waals surface area contributed by atoms with Gasteiger partial charge in [-0.2, -0.15) is 0 Å². The first-order valence-electron chi connectivity index (χ1n) is 5.37. The molecule has 0 amide bonds. The van der Waals surface area contributed by atoms with Gasteiger partial charge in [0.2, 0.25) is 10.0 Å². The van der Waals surface area contributed by atoms with Crippen molar-refractivity contribution in [2.45, 2.75) is 20.3 Å². The second-order valence-electron chi connectivity index (χ2n) is 3.57. The summed E-state index contributed by atoms with van der Waals surface area (Å²) in [5, 5.41) is 0. The third-order valence-electron chi connectivity index (χ3n) is 2.29. The number of nitrogen functional groups attached to an aromatic ring is 1. The van der Waals surface area contributed by atoms with Gasteiger partial charge in [-0.3, -0.25) is 4.31 Å². The molecule has 0 saturated heterocycles. The summed E-state index contributed by atoms with van der Waals surface area (Å²) in [5.41, 5.74) is 6.87. The molecule has 0 bridgehead atoms. The number of nitrogens with two attached hydrogens (primary N) is 1. The molecule has 0 unspecified atom stereocenters. The van der Waals surface area contributed by atoms with Crippen molar-refractivity contribution in [3.8, 4) is 0 Å². The highest BCUT2D eigenvalue weighted by molar-refractivity contribution is 7.92. The summed E-state index contributed by atoms with van der Waals surface area (Å²) in [6.45, 7) is 4.08. The number of nitrogens with zero attached hydrogens (tertiary/aromatic N) is 1. The zero-order valence-electron chi connectivity index (χ0n) is 9.68. The van der Waals surface area contributed by atoms with E-state index in [9.17, 15) is 8.42 Å². The molecule has 2 N–H and O–H groups in total. The summed E-state index contributed by atoms with van der Waals surface area (Å²) in [6, 6.07) is 6.95. The van der Waals surface area contributed by atoms with E-state index in [0.29, 0.717) is 17.9 Å². The van der Waals surface area contributed by atoms with E-state index in [0.717, 1.165) is 6.42 Å². The maximum atomic E-state index is 11.9. The highest BCUT2D eigenvalue weighted by Gasteiger charge is 2.19. The molecular weight excluding hydrogens is 224 g/mol. The van der Waals surface area contributed by atoms with Gasteiger partial charge in [0.25, 0.3) is 0 Å². The summed E-state index contributed by atoms with van der Waals surface area (Å²) < 4.78 is 25.2. The number of rotatable bonds is 5. The van der Waals surface area contributed by atoms with Crippen LogP contribution in [0, 0.1) is 0 Å². The van der Waals surface area contributed by atoms with Gasteiger partial charge in [0.05, 0.1) is 11.4 Å². The Morgan fingerprint density at radius 3 is 2.50 bits per heavy atom. The van der Waals surface area contributed by atoms with Crippen LogP contribution >= 0.6 is 0 Å². The molecule has 0 radical (unpaired) electrons. The number of hydrogen-bond donors (Lipinski definition) is 1. The fourth-order valence-corrected chi connectivity index (χ4v) is 2.67. The van der Waals surface area contributed by atoms with E-state index in [-0.39, 0.29) is 5.75 Å². The van der Waals surface area contributed by atoms with E-state index < -0.39 is 10.0 Å². The van der Waals surface area contributed by atoms with Gasteiger partial charge >= 0.3 is 0 Å². The Bertz CT molecular complexity index is 443. The molecule has 0 heterocycles. The highest BCUT2D eigenvalue weighted by atomic mass is 32.2. The minimum Gasteiger partial charge on any atom is -0.399 e. The van der Waals surface area contributed by atoms with E-state index >= 15 is 0 Å². The summed E-state index contributed by atoms with van der Waals surface area (Å²) in [6.07, 6.45) is 0.772. The molecule has 1 rings (SSSR count). The van der Waals surface area contributed by atoms with Gasteiger partial charge in [0.1, 0.15) is 0 Å². The van der Waals surface area contributed by atoms with Crippen LogP contribution in [-0.4, -0.2) is 20.7 Å². The summed E-state index contributed by atoms with van der Waals surface area (Å²) >= 11 is 0. The van der Waals surface area contributed by atoms with Crippen molar-refractivity contribution in [3.05, 3.63) is 24.3 Å². The molecule has 90 valence electrons. The van der Waals surface area contributed by atoms with Crippen molar-refractivity contribution in [1.29, 1.82) is 0 Å². The van der Waals surface area contributed by atoms with Crippen molar-refractivity contribution in [1.82, 2.24) is 0 Å². The summed E-state index contributed by atoms with van der Waals surface area (Å²) in [5.74, 6) is 0.0990. The molecule has 1 aromatic rings. The van der Waals surface area contributed by atoms with Crippen LogP contribution in [-0.2, 0) is 10.0 Å². The maximum Gasteiger partial charge on any atom is 0.234 e. The Morgan fingerprint density at radius 2 is 2.00 bits per heavy atom. The molecule has 0 saturated carbocycles. The number of benzene rings is 1. The van der Waals surface area contributed by atoms with Gasteiger partial charge in [-0.25, -0.2) is 8.42 Å². The van der Waals surface area contributed by atoms with Gasteiger partial charge in [0, 0.05) is 12.2 Å². The smallest absolute Gasteiger partial charge is 0.234 e. The molecule has 0 spiro atoms. The average Bonchev–Trinajstić information content (AvgIpc) is 2.25. The molecule has 0 aliphatic carbocycles. The fourth-order valence-electron chi connectivity index (χ4n) is 1.47. The van der Waals surface area contributed by atoms with E-state index in [4.69, 9.17) is 5.73 Å². The molecule has 0 aliphatic heterocycles. The Hall–Kier alpha value is -1.23. The molecule has 0 aromatic heterocycles. The second-order valence-corrected chi connectivity index (χ2v) is 5.75. The lowest BCUT2D eigenvalue weighted by atomic mass is 10.3. The van der Waals surface area contributed by atoms with Crippen molar-refractivity contribution in [2.24, 2.45) is 0 Å². The molecule has 0 fully saturated rings. The van der Waals surface area contributed by atoms with E-state index in [2.05, 4.69) is 0 Å². The van der Waals surface area contributed by atoms with Crippen molar-refractivity contribution in [2.75, 3.05) is 22.3 Å². The Kier molecular flexibility index (Phi) is 4.18. The monoisotopic (exact) mass is 242 g/mol. The molecule has 16 heavy (non-hydrogen) atoms.